The van der Waals surface area contributed by atoms with Crippen molar-refractivity contribution < 1.29 is 4.74 Å². The largest absolute Gasteiger partial charge is 0.381 e. The molecule has 8 heteroatoms. The first kappa shape index (κ1) is 20.6. The van der Waals surface area contributed by atoms with Crippen molar-refractivity contribution in [3.8, 4) is 11.1 Å². The van der Waals surface area contributed by atoms with Crippen LogP contribution in [-0.2, 0) is 4.74 Å². The van der Waals surface area contributed by atoms with Gasteiger partial charge in [0.25, 0.3) is 0 Å². The zero-order valence-electron chi connectivity index (χ0n) is 19.3. The molecule has 1 N–H and O–H groups in total. The van der Waals surface area contributed by atoms with Crippen molar-refractivity contribution in [3.05, 3.63) is 52.3 Å². The first-order chi connectivity index (χ1) is 16.1. The molecule has 3 aromatic heterocycles. The van der Waals surface area contributed by atoms with Gasteiger partial charge in [0.05, 0.1) is 23.7 Å². The van der Waals surface area contributed by atoms with E-state index in [0.29, 0.717) is 5.92 Å². The SMILES string of the molecule is Cc1cc2c(cc1-c1cc(C)c3ncnn3c1)[nH]c(=O)n2[C@@H]1CCCN(CC2CCOC2)C1. The lowest BCUT2D eigenvalue weighted by molar-refractivity contribution is 0.137. The summed E-state index contributed by atoms with van der Waals surface area (Å²) in [5, 5.41) is 4.31. The number of nitrogens with zero attached hydrogens (tertiary/aromatic N) is 5. The predicted octanol–water partition coefficient (Wildman–Crippen LogP) is 3.33. The minimum Gasteiger partial charge on any atom is -0.381 e. The fourth-order valence-electron chi connectivity index (χ4n) is 5.69. The minimum atomic E-state index is -0.0134. The Balaban J connectivity index is 1.35. The number of hydrogen-bond acceptors (Lipinski definition) is 5. The molecule has 6 rings (SSSR count). The van der Waals surface area contributed by atoms with Crippen LogP contribution in [0.25, 0.3) is 27.8 Å². The Morgan fingerprint density at radius 1 is 1.18 bits per heavy atom. The molecular weight excluding hydrogens is 416 g/mol. The number of likely N-dealkylation sites (tertiary alicyclic amines) is 1. The molecule has 1 unspecified atom stereocenters. The molecule has 0 spiro atoms. The van der Waals surface area contributed by atoms with Crippen LogP contribution < -0.4 is 5.69 Å². The lowest BCUT2D eigenvalue weighted by Crippen LogP contribution is -2.41. The zero-order chi connectivity index (χ0) is 22.5. The number of fused-ring (bicyclic) bond motifs is 2. The summed E-state index contributed by atoms with van der Waals surface area (Å²) < 4.78 is 9.37. The maximum atomic E-state index is 13.1. The molecule has 1 aromatic carbocycles. The van der Waals surface area contributed by atoms with Crippen molar-refractivity contribution in [1.82, 2.24) is 29.0 Å². The highest BCUT2D eigenvalue weighted by molar-refractivity contribution is 5.84. The molecule has 0 radical (unpaired) electrons. The maximum absolute atomic E-state index is 13.1. The number of benzene rings is 1. The highest BCUT2D eigenvalue weighted by Gasteiger charge is 2.27. The highest BCUT2D eigenvalue weighted by Crippen LogP contribution is 2.31. The minimum absolute atomic E-state index is 0.0134. The number of rotatable bonds is 4. The van der Waals surface area contributed by atoms with E-state index in [0.717, 1.165) is 91.0 Å². The van der Waals surface area contributed by atoms with Crippen LogP contribution in [-0.4, -0.2) is 61.9 Å². The molecule has 0 bridgehead atoms. The molecule has 8 nitrogen and oxygen atoms in total. The van der Waals surface area contributed by atoms with Crippen LogP contribution in [0.5, 0.6) is 0 Å². The van der Waals surface area contributed by atoms with E-state index in [9.17, 15) is 4.79 Å². The van der Waals surface area contributed by atoms with Crippen LogP contribution in [0.1, 0.15) is 36.4 Å². The Labute approximate surface area is 192 Å². The summed E-state index contributed by atoms with van der Waals surface area (Å²) in [5.74, 6) is 0.624. The van der Waals surface area contributed by atoms with Crippen molar-refractivity contribution in [2.75, 3.05) is 32.8 Å². The first-order valence-electron chi connectivity index (χ1n) is 11.9. The molecule has 5 heterocycles. The van der Waals surface area contributed by atoms with Gasteiger partial charge >= 0.3 is 5.69 Å². The van der Waals surface area contributed by atoms with E-state index < -0.39 is 0 Å². The van der Waals surface area contributed by atoms with Crippen LogP contribution in [0.4, 0.5) is 0 Å². The number of ether oxygens (including phenoxy) is 1. The van der Waals surface area contributed by atoms with Gasteiger partial charge in [-0.3, -0.25) is 4.57 Å². The van der Waals surface area contributed by atoms with Gasteiger partial charge in [0.2, 0.25) is 0 Å². The number of aryl methyl sites for hydroxylation is 2. The fourth-order valence-corrected chi connectivity index (χ4v) is 5.69. The summed E-state index contributed by atoms with van der Waals surface area (Å²) >= 11 is 0. The van der Waals surface area contributed by atoms with E-state index in [1.54, 1.807) is 6.33 Å². The third kappa shape index (κ3) is 3.67. The molecule has 0 aliphatic carbocycles. The molecule has 0 amide bonds. The third-order valence-corrected chi connectivity index (χ3v) is 7.32. The molecule has 2 aliphatic heterocycles. The van der Waals surface area contributed by atoms with Gasteiger partial charge in [-0.15, -0.1) is 0 Å². The lowest BCUT2D eigenvalue weighted by Gasteiger charge is -2.34. The van der Waals surface area contributed by atoms with Crippen molar-refractivity contribution in [3.63, 3.8) is 0 Å². The van der Waals surface area contributed by atoms with E-state index in [1.165, 1.54) is 0 Å². The van der Waals surface area contributed by atoms with E-state index in [4.69, 9.17) is 4.74 Å². The molecule has 0 saturated carbocycles. The smallest absolute Gasteiger partial charge is 0.326 e. The number of piperidine rings is 1. The Bertz CT molecular complexity index is 1380. The summed E-state index contributed by atoms with van der Waals surface area (Å²) in [6, 6.07) is 6.60. The van der Waals surface area contributed by atoms with Crippen LogP contribution in [0.2, 0.25) is 0 Å². The summed E-state index contributed by atoms with van der Waals surface area (Å²) in [7, 11) is 0. The molecule has 33 heavy (non-hydrogen) atoms. The van der Waals surface area contributed by atoms with E-state index in [1.807, 2.05) is 22.2 Å². The standard InChI is InChI=1S/C25H30N6O2/c1-16-9-23-22(10-21(16)19-8-17(2)24-26-15-27-30(24)12-19)28-25(32)31(23)20-4-3-6-29(13-20)11-18-5-7-33-14-18/h8-10,12,15,18,20H,3-7,11,13-14H2,1-2H3,(H,28,32)/t18?,20-/m1/s1. The summed E-state index contributed by atoms with van der Waals surface area (Å²) in [6.45, 7) is 9.02. The van der Waals surface area contributed by atoms with Crippen molar-refractivity contribution in [1.29, 1.82) is 0 Å². The van der Waals surface area contributed by atoms with Gasteiger partial charge in [-0.05, 0) is 80.5 Å². The average molecular weight is 447 g/mol. The number of aromatic amines is 1. The normalized spacial score (nSPS) is 22.0. The van der Waals surface area contributed by atoms with Gasteiger partial charge in [0.1, 0.15) is 6.33 Å². The zero-order valence-corrected chi connectivity index (χ0v) is 19.3. The van der Waals surface area contributed by atoms with Crippen LogP contribution in [0.15, 0.2) is 35.5 Å². The predicted molar refractivity (Wildman–Crippen MR) is 128 cm³/mol. The van der Waals surface area contributed by atoms with E-state index >= 15 is 0 Å². The quantitative estimate of drug-likeness (QED) is 0.520. The van der Waals surface area contributed by atoms with Crippen molar-refractivity contribution in [2.24, 2.45) is 5.92 Å². The fraction of sp³-hybridized carbons (Fsp3) is 0.480. The second-order valence-corrected chi connectivity index (χ2v) is 9.71. The number of aromatic nitrogens is 5. The highest BCUT2D eigenvalue weighted by atomic mass is 16.5. The Morgan fingerprint density at radius 3 is 2.94 bits per heavy atom. The van der Waals surface area contributed by atoms with Gasteiger partial charge < -0.3 is 14.6 Å². The lowest BCUT2D eigenvalue weighted by atomic mass is 9.99. The van der Waals surface area contributed by atoms with Gasteiger partial charge in [-0.25, -0.2) is 14.3 Å². The van der Waals surface area contributed by atoms with E-state index in [2.05, 4.69) is 45.1 Å². The molecular formula is C25H30N6O2. The Hall–Kier alpha value is -2.97. The number of imidazole rings is 1. The molecule has 4 aromatic rings. The van der Waals surface area contributed by atoms with E-state index in [-0.39, 0.29) is 11.7 Å². The Kier molecular flexibility index (Phi) is 5.07. The molecule has 172 valence electrons. The number of pyridine rings is 1. The number of hydrogen-bond donors (Lipinski definition) is 1. The molecule has 2 fully saturated rings. The maximum Gasteiger partial charge on any atom is 0.326 e. The first-order valence-corrected chi connectivity index (χ1v) is 11.9. The summed E-state index contributed by atoms with van der Waals surface area (Å²) in [4.78, 5) is 23.1. The third-order valence-electron chi connectivity index (χ3n) is 7.32. The van der Waals surface area contributed by atoms with Crippen molar-refractivity contribution in [2.45, 2.75) is 39.2 Å². The number of H-pyrrole nitrogens is 1. The van der Waals surface area contributed by atoms with Crippen LogP contribution in [0, 0.1) is 19.8 Å². The topological polar surface area (TPSA) is 80.5 Å². The molecule has 2 saturated heterocycles. The molecule has 2 aliphatic rings. The van der Waals surface area contributed by atoms with Crippen LogP contribution in [0.3, 0.4) is 0 Å². The van der Waals surface area contributed by atoms with Crippen LogP contribution >= 0.6 is 0 Å². The van der Waals surface area contributed by atoms with Crippen molar-refractivity contribution >= 4 is 16.7 Å². The summed E-state index contributed by atoms with van der Waals surface area (Å²) in [5.41, 5.74) is 7.12. The van der Waals surface area contributed by atoms with Gasteiger partial charge in [-0.2, -0.15) is 5.10 Å². The Morgan fingerprint density at radius 2 is 2.09 bits per heavy atom. The molecule has 2 atom stereocenters. The van der Waals surface area contributed by atoms with Gasteiger partial charge in [0.15, 0.2) is 5.65 Å². The van der Waals surface area contributed by atoms with Gasteiger partial charge in [-0.1, -0.05) is 0 Å². The second-order valence-electron chi connectivity index (χ2n) is 9.71. The second kappa shape index (κ2) is 8.11. The number of nitrogens with one attached hydrogen (secondary N) is 1. The average Bonchev–Trinajstić information content (AvgIpc) is 3.53. The van der Waals surface area contributed by atoms with Gasteiger partial charge in [0, 0.05) is 31.5 Å². The summed E-state index contributed by atoms with van der Waals surface area (Å²) in [6.07, 6.45) is 6.88. The monoisotopic (exact) mass is 446 g/mol.